The van der Waals surface area contributed by atoms with Crippen molar-refractivity contribution in [3.63, 3.8) is 0 Å². The summed E-state index contributed by atoms with van der Waals surface area (Å²) in [6, 6.07) is 13.4. The second-order valence-corrected chi connectivity index (χ2v) is 12.0. The van der Waals surface area contributed by atoms with Gasteiger partial charge in [-0.25, -0.2) is 4.39 Å². The van der Waals surface area contributed by atoms with E-state index in [1.807, 2.05) is 43.0 Å². The van der Waals surface area contributed by atoms with Crippen LogP contribution < -0.4 is 24.3 Å². The number of aliphatic carboxylic acids is 1. The van der Waals surface area contributed by atoms with Gasteiger partial charge in [-0.3, -0.25) is 14.5 Å². The number of anilines is 1. The van der Waals surface area contributed by atoms with Gasteiger partial charge in [-0.05, 0) is 90.3 Å². The molecule has 1 amide bonds. The highest BCUT2D eigenvalue weighted by Crippen LogP contribution is 2.50. The number of likely N-dealkylation sites (tertiary alicyclic amines) is 1. The van der Waals surface area contributed by atoms with Crippen LogP contribution in [0.5, 0.6) is 23.0 Å². The normalized spacial score (nSPS) is 20.7. The Balaban J connectivity index is 1.33. The van der Waals surface area contributed by atoms with E-state index in [1.165, 1.54) is 32.1 Å². The van der Waals surface area contributed by atoms with Crippen LogP contribution in [0.25, 0.3) is 0 Å². The van der Waals surface area contributed by atoms with Crippen molar-refractivity contribution in [2.24, 2.45) is 11.8 Å². The molecule has 238 valence electrons. The largest absolute Gasteiger partial charge is 0.493 e. The number of nitrogens with one attached hydrogen (secondary N) is 1. The molecule has 1 saturated heterocycles. The van der Waals surface area contributed by atoms with Crippen LogP contribution in [0.4, 0.5) is 10.1 Å². The maximum atomic E-state index is 14.3. The number of fused-ring (bicyclic) bond motifs is 1. The molecule has 2 aliphatic heterocycles. The van der Waals surface area contributed by atoms with Crippen molar-refractivity contribution in [3.05, 3.63) is 76.6 Å². The molecule has 3 aromatic carbocycles. The number of carbonyl (C=O) groups excluding carboxylic acids is 1. The Kier molecular flexibility index (Phi) is 8.85. The van der Waals surface area contributed by atoms with Crippen LogP contribution in [-0.2, 0) is 22.4 Å². The maximum absolute atomic E-state index is 14.3. The molecule has 1 aliphatic carbocycles. The lowest BCUT2D eigenvalue weighted by molar-refractivity contribution is -0.143. The van der Waals surface area contributed by atoms with Gasteiger partial charge in [0.25, 0.3) is 0 Å². The summed E-state index contributed by atoms with van der Waals surface area (Å²) < 4.78 is 37.0. The van der Waals surface area contributed by atoms with Crippen LogP contribution in [0.15, 0.2) is 48.5 Å². The number of aryl methyl sites for hydroxylation is 2. The molecule has 10 heteroatoms. The Morgan fingerprint density at radius 3 is 2.36 bits per heavy atom. The van der Waals surface area contributed by atoms with Crippen molar-refractivity contribution in [1.82, 2.24) is 4.90 Å². The number of nitrogens with zero attached hydrogens (tertiary/aromatic N) is 1. The van der Waals surface area contributed by atoms with E-state index in [0.717, 1.165) is 16.9 Å². The fraction of sp³-hybridized carbons (Fsp3) is 0.429. The minimum absolute atomic E-state index is 0.0507. The van der Waals surface area contributed by atoms with Crippen LogP contribution in [0.2, 0.25) is 0 Å². The maximum Gasteiger partial charge on any atom is 0.309 e. The molecule has 2 heterocycles. The Labute approximate surface area is 262 Å². The molecule has 0 spiro atoms. The van der Waals surface area contributed by atoms with Gasteiger partial charge >= 0.3 is 5.97 Å². The van der Waals surface area contributed by atoms with Crippen LogP contribution >= 0.6 is 0 Å². The molecule has 3 aliphatic rings. The van der Waals surface area contributed by atoms with Crippen LogP contribution in [0, 0.1) is 17.7 Å². The fourth-order valence-electron chi connectivity index (χ4n) is 6.56. The van der Waals surface area contributed by atoms with E-state index in [0.29, 0.717) is 66.0 Å². The zero-order valence-electron chi connectivity index (χ0n) is 25.8. The first-order chi connectivity index (χ1) is 21.8. The van der Waals surface area contributed by atoms with Crippen molar-refractivity contribution in [2.45, 2.75) is 51.5 Å². The fourth-order valence-corrected chi connectivity index (χ4v) is 6.56. The lowest BCUT2D eigenvalue weighted by atomic mass is 9.82. The predicted octanol–water partition coefficient (Wildman–Crippen LogP) is 5.96. The Bertz CT molecular complexity index is 1550. The summed E-state index contributed by atoms with van der Waals surface area (Å²) in [7, 11) is 1.53. The summed E-state index contributed by atoms with van der Waals surface area (Å²) in [6.45, 7) is 4.79. The van der Waals surface area contributed by atoms with Gasteiger partial charge in [0, 0.05) is 24.2 Å². The zero-order valence-corrected chi connectivity index (χ0v) is 25.8. The summed E-state index contributed by atoms with van der Waals surface area (Å²) >= 11 is 0. The van der Waals surface area contributed by atoms with Gasteiger partial charge in [-0.15, -0.1) is 0 Å². The van der Waals surface area contributed by atoms with Gasteiger partial charge in [0.15, 0.2) is 11.5 Å². The molecule has 3 aromatic rings. The third-order valence-electron chi connectivity index (χ3n) is 9.04. The number of carboxylic acids is 1. The SMILES string of the molecule is CCc1cc(F)cc(CC)c1NC(=O)CN1C[C@H](c2cc(OC)c3c(c2)OCO3)[C@@H](C(=O)O)[C@@H]1c1ccc(OCC2CC2)cc1. The quantitative estimate of drug-likeness (QED) is 0.256. The first-order valence-corrected chi connectivity index (χ1v) is 15.6. The Morgan fingerprint density at radius 2 is 1.73 bits per heavy atom. The highest BCUT2D eigenvalue weighted by molar-refractivity contribution is 5.94. The molecule has 3 atom stereocenters. The number of hydrogen-bond acceptors (Lipinski definition) is 7. The number of hydrogen-bond donors (Lipinski definition) is 2. The molecule has 45 heavy (non-hydrogen) atoms. The lowest BCUT2D eigenvalue weighted by Gasteiger charge is -2.27. The van der Waals surface area contributed by atoms with Crippen molar-refractivity contribution in [2.75, 3.05) is 38.9 Å². The summed E-state index contributed by atoms with van der Waals surface area (Å²) in [4.78, 5) is 28.6. The monoisotopic (exact) mass is 618 g/mol. The smallest absolute Gasteiger partial charge is 0.309 e. The van der Waals surface area contributed by atoms with Crippen LogP contribution in [0.1, 0.15) is 60.9 Å². The third kappa shape index (κ3) is 6.42. The average molecular weight is 619 g/mol. The molecular weight excluding hydrogens is 579 g/mol. The number of halogens is 1. The number of benzene rings is 3. The number of rotatable bonds is 12. The van der Waals surface area contributed by atoms with Crippen molar-refractivity contribution in [1.29, 1.82) is 0 Å². The van der Waals surface area contributed by atoms with E-state index in [1.54, 1.807) is 12.1 Å². The van der Waals surface area contributed by atoms with Gasteiger partial charge in [-0.1, -0.05) is 26.0 Å². The van der Waals surface area contributed by atoms with Gasteiger partial charge in [0.1, 0.15) is 11.6 Å². The summed E-state index contributed by atoms with van der Waals surface area (Å²) in [6.07, 6.45) is 3.47. The average Bonchev–Trinajstić information content (AvgIpc) is 3.61. The van der Waals surface area contributed by atoms with Gasteiger partial charge < -0.3 is 29.4 Å². The minimum Gasteiger partial charge on any atom is -0.493 e. The second kappa shape index (κ2) is 13.0. The van der Waals surface area contributed by atoms with E-state index in [2.05, 4.69) is 5.32 Å². The summed E-state index contributed by atoms with van der Waals surface area (Å²) in [5, 5.41) is 13.7. The molecule has 0 unspecified atom stereocenters. The summed E-state index contributed by atoms with van der Waals surface area (Å²) in [5.74, 6) is -0.206. The van der Waals surface area contributed by atoms with E-state index in [-0.39, 0.29) is 25.1 Å². The number of amides is 1. The lowest BCUT2D eigenvalue weighted by Crippen LogP contribution is -2.35. The third-order valence-corrected chi connectivity index (χ3v) is 9.04. The molecule has 2 fully saturated rings. The van der Waals surface area contributed by atoms with Crippen molar-refractivity contribution in [3.8, 4) is 23.0 Å². The second-order valence-electron chi connectivity index (χ2n) is 12.0. The molecule has 0 radical (unpaired) electrons. The predicted molar refractivity (Wildman–Crippen MR) is 166 cm³/mol. The zero-order chi connectivity index (χ0) is 31.7. The molecular formula is C35H39FN2O7. The van der Waals surface area contributed by atoms with Crippen molar-refractivity contribution < 1.29 is 38.0 Å². The molecule has 1 saturated carbocycles. The molecule has 9 nitrogen and oxygen atoms in total. The highest BCUT2D eigenvalue weighted by Gasteiger charge is 2.48. The number of carbonyl (C=O) groups is 2. The van der Waals surface area contributed by atoms with Crippen LogP contribution in [0.3, 0.4) is 0 Å². The first-order valence-electron chi connectivity index (χ1n) is 15.6. The first kappa shape index (κ1) is 30.7. The van der Waals surface area contributed by atoms with Crippen LogP contribution in [-0.4, -0.2) is 55.5 Å². The van der Waals surface area contributed by atoms with E-state index < -0.39 is 23.8 Å². The minimum atomic E-state index is -0.973. The van der Waals surface area contributed by atoms with E-state index >= 15 is 0 Å². The number of carboxylic acid groups (broad SMARTS) is 1. The number of ether oxygens (including phenoxy) is 4. The Morgan fingerprint density at radius 1 is 1.02 bits per heavy atom. The Hall–Kier alpha value is -4.31. The van der Waals surface area contributed by atoms with Gasteiger partial charge in [-0.2, -0.15) is 0 Å². The van der Waals surface area contributed by atoms with Crippen molar-refractivity contribution >= 4 is 17.6 Å². The standard InChI is InChI=1S/C35H39FN2O7/c1-4-21-12-25(36)13-22(5-2)32(21)37-30(39)17-38-16-27(24-14-28(42-3)34-29(15-24)44-19-45-34)31(35(40)41)33(38)23-8-10-26(11-9-23)43-18-20-6-7-20/h8-15,20,27,31,33H,4-7,16-19H2,1-3H3,(H,37,39)(H,40,41)/t27-,31-,33+/m1/s1. The number of methoxy groups -OCH3 is 1. The topological polar surface area (TPSA) is 107 Å². The highest BCUT2D eigenvalue weighted by atomic mass is 19.1. The van der Waals surface area contributed by atoms with E-state index in [9.17, 15) is 19.1 Å². The molecule has 2 N–H and O–H groups in total. The molecule has 0 bridgehead atoms. The molecule has 6 rings (SSSR count). The summed E-state index contributed by atoms with van der Waals surface area (Å²) in [5.41, 5.74) is 3.55. The molecule has 0 aromatic heterocycles. The van der Waals surface area contributed by atoms with Gasteiger partial charge in [0.05, 0.1) is 26.2 Å². The van der Waals surface area contributed by atoms with Gasteiger partial charge in [0.2, 0.25) is 18.4 Å². The van der Waals surface area contributed by atoms with E-state index in [4.69, 9.17) is 18.9 Å².